The highest BCUT2D eigenvalue weighted by Crippen LogP contribution is 2.44. The largest absolute Gasteiger partial charge is 0.507 e. The first-order valence-electron chi connectivity index (χ1n) is 12.1. The molecule has 4 aromatic rings. The highest BCUT2D eigenvalue weighted by molar-refractivity contribution is 7.92. The van der Waals surface area contributed by atoms with Crippen molar-refractivity contribution in [3.05, 3.63) is 88.3 Å². The van der Waals surface area contributed by atoms with Crippen molar-refractivity contribution < 1.29 is 13.5 Å². The quantitative estimate of drug-likeness (QED) is 0.352. The topological polar surface area (TPSA) is 92.4 Å². The van der Waals surface area contributed by atoms with Crippen molar-refractivity contribution >= 4 is 50.4 Å². The Morgan fingerprint density at radius 3 is 2.47 bits per heavy atom. The van der Waals surface area contributed by atoms with Gasteiger partial charge in [0.05, 0.1) is 10.6 Å². The predicted molar refractivity (Wildman–Crippen MR) is 147 cm³/mol. The van der Waals surface area contributed by atoms with Crippen molar-refractivity contribution in [2.24, 2.45) is 0 Å². The van der Waals surface area contributed by atoms with Gasteiger partial charge in [0.2, 0.25) is 0 Å². The van der Waals surface area contributed by atoms with E-state index in [4.69, 9.17) is 5.73 Å². The number of hydrogen-bond donors (Lipinski definition) is 3. The molecule has 6 heteroatoms. The first kappa shape index (κ1) is 22.4. The van der Waals surface area contributed by atoms with Crippen molar-refractivity contribution in [3.8, 4) is 16.9 Å². The lowest BCUT2D eigenvalue weighted by atomic mass is 9.87. The van der Waals surface area contributed by atoms with Crippen molar-refractivity contribution in [3.63, 3.8) is 0 Å². The summed E-state index contributed by atoms with van der Waals surface area (Å²) in [6.45, 7) is 0. The van der Waals surface area contributed by atoms with E-state index in [1.54, 1.807) is 24.3 Å². The van der Waals surface area contributed by atoms with Crippen molar-refractivity contribution in [1.82, 2.24) is 0 Å². The van der Waals surface area contributed by atoms with Crippen LogP contribution in [0, 0.1) is 0 Å². The van der Waals surface area contributed by atoms with Crippen LogP contribution in [0.5, 0.6) is 5.75 Å². The maximum absolute atomic E-state index is 13.5. The summed E-state index contributed by atoms with van der Waals surface area (Å²) < 4.78 is 29.9. The van der Waals surface area contributed by atoms with Crippen LogP contribution in [-0.4, -0.2) is 13.5 Å². The average molecular weight is 495 g/mol. The molecular weight excluding hydrogens is 468 g/mol. The van der Waals surface area contributed by atoms with Gasteiger partial charge in [-0.25, -0.2) is 8.42 Å². The van der Waals surface area contributed by atoms with Gasteiger partial charge in [-0.1, -0.05) is 60.7 Å². The molecule has 6 rings (SSSR count). The number of aryl methyl sites for hydroxylation is 1. The van der Waals surface area contributed by atoms with Gasteiger partial charge in [-0.05, 0) is 71.5 Å². The van der Waals surface area contributed by atoms with E-state index in [9.17, 15) is 13.5 Å². The molecule has 2 aliphatic rings. The molecule has 0 heterocycles. The number of phenols is 1. The summed E-state index contributed by atoms with van der Waals surface area (Å²) in [5.41, 5.74) is 10.8. The normalized spacial score (nSPS) is 14.4. The number of benzene rings is 4. The maximum atomic E-state index is 13.5. The molecule has 0 unspecified atom stereocenters. The highest BCUT2D eigenvalue weighted by Gasteiger charge is 2.22. The molecule has 5 nitrogen and oxygen atoms in total. The monoisotopic (exact) mass is 494 g/mol. The van der Waals surface area contributed by atoms with Gasteiger partial charge in [0, 0.05) is 27.6 Å². The Morgan fingerprint density at radius 2 is 1.64 bits per heavy atom. The first-order chi connectivity index (χ1) is 17.4. The average Bonchev–Trinajstić information content (AvgIpc) is 2.90. The van der Waals surface area contributed by atoms with Crippen LogP contribution in [0.4, 0.5) is 11.4 Å². The highest BCUT2D eigenvalue weighted by atomic mass is 32.2. The van der Waals surface area contributed by atoms with Crippen LogP contribution in [0.1, 0.15) is 30.4 Å². The summed E-state index contributed by atoms with van der Waals surface area (Å²) in [7, 11) is -3.88. The van der Waals surface area contributed by atoms with Crippen molar-refractivity contribution in [1.29, 1.82) is 0 Å². The van der Waals surface area contributed by atoms with Gasteiger partial charge in [-0.15, -0.1) is 0 Å². The number of anilines is 2. The molecular formula is C30H26N2O3S. The molecule has 0 atom stereocenters. The summed E-state index contributed by atoms with van der Waals surface area (Å²) in [5, 5.41) is 14.3. The van der Waals surface area contributed by atoms with Gasteiger partial charge in [-0.3, -0.25) is 4.72 Å². The van der Waals surface area contributed by atoms with Gasteiger partial charge in [0.15, 0.2) is 0 Å². The van der Waals surface area contributed by atoms with Crippen LogP contribution in [0.25, 0.3) is 40.1 Å². The van der Waals surface area contributed by atoms with Crippen LogP contribution >= 0.6 is 0 Å². The van der Waals surface area contributed by atoms with Gasteiger partial charge >= 0.3 is 0 Å². The molecule has 36 heavy (non-hydrogen) atoms. The summed E-state index contributed by atoms with van der Waals surface area (Å²) in [5.74, 6) is 0.109. The number of aromatic hydroxyl groups is 1. The zero-order chi connectivity index (χ0) is 24.9. The Hall–Kier alpha value is -4.03. The molecule has 0 amide bonds. The van der Waals surface area contributed by atoms with E-state index >= 15 is 0 Å². The molecule has 0 fully saturated rings. The Bertz CT molecular complexity index is 1800. The van der Waals surface area contributed by atoms with Gasteiger partial charge in [0.1, 0.15) is 5.75 Å². The Morgan fingerprint density at radius 1 is 0.861 bits per heavy atom. The van der Waals surface area contributed by atoms with E-state index in [0.29, 0.717) is 27.9 Å². The Labute approximate surface area is 210 Å². The fraction of sp³-hybridized carbons (Fsp3) is 0.133. The number of rotatable bonds is 4. The van der Waals surface area contributed by atoms with Gasteiger partial charge in [0.25, 0.3) is 10.0 Å². The second-order valence-electron chi connectivity index (χ2n) is 9.29. The van der Waals surface area contributed by atoms with Gasteiger partial charge in [-0.2, -0.15) is 0 Å². The number of hydrogen-bond acceptors (Lipinski definition) is 4. The molecule has 0 spiro atoms. The third-order valence-electron chi connectivity index (χ3n) is 7.04. The minimum atomic E-state index is -3.88. The lowest BCUT2D eigenvalue weighted by molar-refractivity contribution is 0.477. The number of allylic oxidation sites excluding steroid dienone is 1. The summed E-state index contributed by atoms with van der Waals surface area (Å²) in [6.07, 6.45) is 12.0. The second-order valence-corrected chi connectivity index (χ2v) is 11.0. The fourth-order valence-electron chi connectivity index (χ4n) is 5.24. The van der Waals surface area contributed by atoms with Crippen LogP contribution in [0.2, 0.25) is 0 Å². The number of phenolic OH excluding ortho intramolecular Hbond substituents is 1. The summed E-state index contributed by atoms with van der Waals surface area (Å²) >= 11 is 0. The van der Waals surface area contributed by atoms with E-state index in [-0.39, 0.29) is 10.6 Å². The summed E-state index contributed by atoms with van der Waals surface area (Å²) in [4.78, 5) is 0.207. The van der Waals surface area contributed by atoms with E-state index < -0.39 is 10.0 Å². The Balaban J connectivity index is 1.55. The molecule has 0 aromatic heterocycles. The first-order valence-corrected chi connectivity index (χ1v) is 13.6. The second kappa shape index (κ2) is 8.57. The molecule has 0 saturated heterocycles. The molecule has 4 aromatic carbocycles. The van der Waals surface area contributed by atoms with E-state index in [1.807, 2.05) is 42.5 Å². The number of nitrogens with two attached hydrogens (primary N) is 1. The molecule has 0 radical (unpaired) electrons. The number of fused-ring (bicyclic) bond motifs is 3. The lowest BCUT2D eigenvalue weighted by Crippen LogP contribution is -2.28. The number of nitrogen functional groups attached to an aromatic ring is 1. The molecule has 0 bridgehead atoms. The summed E-state index contributed by atoms with van der Waals surface area (Å²) in [6, 6.07) is 18.0. The number of sulfonamides is 1. The van der Waals surface area contributed by atoms with E-state index in [1.165, 1.54) is 0 Å². The molecule has 2 aliphatic carbocycles. The van der Waals surface area contributed by atoms with Crippen LogP contribution in [0.15, 0.2) is 71.6 Å². The third-order valence-corrected chi connectivity index (χ3v) is 8.41. The van der Waals surface area contributed by atoms with Crippen molar-refractivity contribution in [2.75, 3.05) is 10.5 Å². The van der Waals surface area contributed by atoms with E-state index in [0.717, 1.165) is 52.6 Å². The van der Waals surface area contributed by atoms with Crippen LogP contribution in [-0.2, 0) is 16.4 Å². The molecule has 0 aliphatic heterocycles. The fourth-order valence-corrected chi connectivity index (χ4v) is 6.34. The smallest absolute Gasteiger partial charge is 0.261 e. The third kappa shape index (κ3) is 3.74. The van der Waals surface area contributed by atoms with Crippen molar-refractivity contribution in [2.45, 2.75) is 30.6 Å². The molecule has 4 N–H and O–H groups in total. The predicted octanol–water partition coefficient (Wildman–Crippen LogP) is 4.91. The number of nitrogens with one attached hydrogen (secondary N) is 1. The van der Waals surface area contributed by atoms with E-state index in [2.05, 4.69) is 23.0 Å². The zero-order valence-electron chi connectivity index (χ0n) is 19.7. The molecule has 180 valence electrons. The minimum absolute atomic E-state index is 0.109. The van der Waals surface area contributed by atoms with Gasteiger partial charge < -0.3 is 10.8 Å². The molecule has 0 saturated carbocycles. The van der Waals surface area contributed by atoms with Crippen LogP contribution < -0.4 is 20.9 Å². The van der Waals surface area contributed by atoms with Crippen LogP contribution in [0.3, 0.4) is 0 Å². The lowest BCUT2D eigenvalue weighted by Gasteiger charge is -2.20. The zero-order valence-corrected chi connectivity index (χ0v) is 20.5. The standard InChI is InChI=1S/C30H26N2O3S/c31-30-25-12-6-5-11-24(25)27(18-26(30)29-23-10-4-3-8-20(23)14-16-28(29)33)32-36(34,35)22-15-13-19-7-1-2-9-21(19)17-22/h4-7,9-18,32-33H,1-3,8,31H2. The maximum Gasteiger partial charge on any atom is 0.261 e. The SMILES string of the molecule is Nc1c(-c2c(O)ccc3c2C=CCC3)cc(NS(=O)(=O)c2ccc3c(c2)=CCCC=3)c2ccccc12. The Kier molecular flexibility index (Phi) is 5.34. The minimum Gasteiger partial charge on any atom is -0.507 e.